The minimum Gasteiger partial charge on any atom is -0.387 e. The molecule has 1 amide bonds. The predicted octanol–water partition coefficient (Wildman–Crippen LogP) is 15.5. The highest BCUT2D eigenvalue weighted by Crippen LogP contribution is 2.43. The lowest BCUT2D eigenvalue weighted by molar-refractivity contribution is -0.870. The van der Waals surface area contributed by atoms with Crippen molar-refractivity contribution in [2.24, 2.45) is 0 Å². The van der Waals surface area contributed by atoms with Crippen molar-refractivity contribution in [2.45, 2.75) is 231 Å². The van der Waals surface area contributed by atoms with Gasteiger partial charge < -0.3 is 19.8 Å². The van der Waals surface area contributed by atoms with Crippen molar-refractivity contribution < 1.29 is 32.9 Å². The van der Waals surface area contributed by atoms with Crippen LogP contribution in [0.1, 0.15) is 219 Å². The molecule has 0 aliphatic rings. The number of hydrogen-bond acceptors (Lipinski definition) is 5. The molecular weight excluding hydrogens is 816 g/mol. The number of aliphatic hydroxyl groups is 1. The zero-order valence-corrected chi connectivity index (χ0v) is 43.1. The van der Waals surface area contributed by atoms with Crippen molar-refractivity contribution in [3.8, 4) is 0 Å². The lowest BCUT2D eigenvalue weighted by atomic mass is 10.1. The first-order valence-corrected chi connectivity index (χ1v) is 27.8. The van der Waals surface area contributed by atoms with Crippen LogP contribution < -0.4 is 5.32 Å². The van der Waals surface area contributed by atoms with Crippen LogP contribution in [0.5, 0.6) is 0 Å². The van der Waals surface area contributed by atoms with Crippen LogP contribution >= 0.6 is 7.82 Å². The monoisotopic (exact) mass is 918 g/mol. The van der Waals surface area contributed by atoms with Crippen LogP contribution in [0.25, 0.3) is 0 Å². The number of carbonyl (C=O) groups is 1. The highest BCUT2D eigenvalue weighted by atomic mass is 31.2. The minimum absolute atomic E-state index is 0.0489. The number of hydrogen-bond donors (Lipinski definition) is 3. The molecule has 0 heterocycles. The predicted molar refractivity (Wildman–Crippen MR) is 276 cm³/mol. The molecule has 0 aromatic carbocycles. The topological polar surface area (TPSA) is 105 Å². The van der Waals surface area contributed by atoms with Crippen molar-refractivity contribution in [1.29, 1.82) is 0 Å². The van der Waals surface area contributed by atoms with Gasteiger partial charge in [-0.2, -0.15) is 0 Å². The van der Waals surface area contributed by atoms with Gasteiger partial charge >= 0.3 is 7.82 Å². The molecule has 0 bridgehead atoms. The van der Waals surface area contributed by atoms with E-state index in [9.17, 15) is 19.4 Å². The standard InChI is InChI=1S/C55H101N2O6P/c1-6-8-10-12-14-16-18-20-22-24-26-27-28-29-31-33-35-37-39-41-43-45-47-49-55(59)56-53(52-63-64(60,61)62-51-50-57(3,4)5)54(58)48-46-44-42-40-38-36-34-32-30-25-23-21-19-17-15-13-11-9-7-2/h18,20,24,26,28-30,32,38,40,46,48,53-54,58H,6-17,19,21-23,25,27,31,33-37,39,41-45,47,49-52H2,1-5H3,(H-,56,59,60,61)/p+1/b20-18-,26-24-,29-28-,32-30+,40-38+,48-46+. The summed E-state index contributed by atoms with van der Waals surface area (Å²) in [6.07, 6.45) is 62.7. The first-order chi connectivity index (χ1) is 31.0. The number of rotatable bonds is 47. The highest BCUT2D eigenvalue weighted by Gasteiger charge is 2.27. The van der Waals surface area contributed by atoms with Crippen molar-refractivity contribution in [2.75, 3.05) is 40.9 Å². The molecule has 0 saturated carbocycles. The summed E-state index contributed by atoms with van der Waals surface area (Å²) in [5.41, 5.74) is 0. The number of phosphoric acid groups is 1. The van der Waals surface area contributed by atoms with E-state index in [-0.39, 0.29) is 19.1 Å². The number of amides is 1. The Morgan fingerprint density at radius 1 is 0.531 bits per heavy atom. The number of nitrogens with one attached hydrogen (secondary N) is 1. The Morgan fingerprint density at radius 2 is 0.906 bits per heavy atom. The average molecular weight is 918 g/mol. The summed E-state index contributed by atoms with van der Waals surface area (Å²) in [6.45, 7) is 4.76. The fraction of sp³-hybridized carbons (Fsp3) is 0.764. The maximum Gasteiger partial charge on any atom is 0.472 e. The molecule has 0 aromatic heterocycles. The molecule has 9 heteroatoms. The Bertz CT molecular complexity index is 1270. The van der Waals surface area contributed by atoms with Gasteiger partial charge in [-0.3, -0.25) is 13.8 Å². The van der Waals surface area contributed by atoms with Gasteiger partial charge in [-0.15, -0.1) is 0 Å². The number of phosphoric ester groups is 1. The summed E-state index contributed by atoms with van der Waals surface area (Å²) >= 11 is 0. The van der Waals surface area contributed by atoms with Crippen molar-refractivity contribution in [3.63, 3.8) is 0 Å². The minimum atomic E-state index is -4.36. The van der Waals surface area contributed by atoms with Gasteiger partial charge in [0.25, 0.3) is 0 Å². The van der Waals surface area contributed by atoms with E-state index < -0.39 is 20.0 Å². The first-order valence-electron chi connectivity index (χ1n) is 26.3. The molecule has 8 nitrogen and oxygen atoms in total. The lowest BCUT2D eigenvalue weighted by Crippen LogP contribution is -2.45. The highest BCUT2D eigenvalue weighted by molar-refractivity contribution is 7.47. The molecule has 0 aliphatic heterocycles. The van der Waals surface area contributed by atoms with Crippen LogP contribution in [-0.4, -0.2) is 73.4 Å². The van der Waals surface area contributed by atoms with E-state index in [1.807, 2.05) is 27.2 Å². The second kappa shape index (κ2) is 46.1. The Morgan fingerprint density at radius 3 is 1.36 bits per heavy atom. The third kappa shape index (κ3) is 47.9. The molecule has 0 radical (unpaired) electrons. The molecule has 372 valence electrons. The molecule has 0 fully saturated rings. The third-order valence-corrected chi connectivity index (χ3v) is 12.4. The van der Waals surface area contributed by atoms with Gasteiger partial charge in [0.1, 0.15) is 13.2 Å². The fourth-order valence-corrected chi connectivity index (χ4v) is 7.93. The molecule has 0 aliphatic carbocycles. The largest absolute Gasteiger partial charge is 0.472 e. The SMILES string of the molecule is CCCCCCC/C=C\C/C=C\C/C=C\CCCCCCCCCCC(=O)NC(COP(=O)(O)OCC[N+](C)(C)C)C(O)/C=C/CC/C=C/CC/C=C/CCCCCCCCCCC. The normalized spacial score (nSPS) is 14.7. The number of unbranched alkanes of at least 4 members (excludes halogenated alkanes) is 24. The van der Waals surface area contributed by atoms with Crippen molar-refractivity contribution >= 4 is 13.7 Å². The summed E-state index contributed by atoms with van der Waals surface area (Å²) in [6, 6.07) is -0.877. The summed E-state index contributed by atoms with van der Waals surface area (Å²) in [5.74, 6) is -0.200. The van der Waals surface area contributed by atoms with Crippen LogP contribution in [0.15, 0.2) is 72.9 Å². The van der Waals surface area contributed by atoms with Crippen LogP contribution in [0.3, 0.4) is 0 Å². The van der Waals surface area contributed by atoms with Gasteiger partial charge in [-0.1, -0.05) is 202 Å². The van der Waals surface area contributed by atoms with E-state index in [1.54, 1.807) is 6.08 Å². The lowest BCUT2D eigenvalue weighted by Gasteiger charge is -2.25. The Balaban J connectivity index is 4.39. The van der Waals surface area contributed by atoms with E-state index in [2.05, 4.69) is 79.9 Å². The van der Waals surface area contributed by atoms with E-state index in [0.717, 1.165) is 64.2 Å². The molecule has 0 rings (SSSR count). The maximum absolute atomic E-state index is 12.9. The Labute approximate surface area is 395 Å². The van der Waals surface area contributed by atoms with Gasteiger partial charge in [0.15, 0.2) is 0 Å². The number of carbonyl (C=O) groups excluding carboxylic acids is 1. The Kier molecular flexibility index (Phi) is 44.6. The van der Waals surface area contributed by atoms with E-state index in [4.69, 9.17) is 9.05 Å². The number of nitrogens with zero attached hydrogens (tertiary/aromatic N) is 1. The molecular formula is C55H102N2O6P+. The molecule has 0 aromatic rings. The first kappa shape index (κ1) is 61.9. The van der Waals surface area contributed by atoms with E-state index >= 15 is 0 Å². The molecule has 0 spiro atoms. The second-order valence-electron chi connectivity index (χ2n) is 18.9. The van der Waals surface area contributed by atoms with Crippen molar-refractivity contribution in [3.05, 3.63) is 72.9 Å². The Hall–Kier alpha value is -2.06. The quantitative estimate of drug-likeness (QED) is 0.0243. The second-order valence-corrected chi connectivity index (χ2v) is 20.3. The number of likely N-dealkylation sites (N-methyl/N-ethyl adjacent to an activating group) is 1. The fourth-order valence-electron chi connectivity index (χ4n) is 7.20. The molecule has 3 atom stereocenters. The number of allylic oxidation sites excluding steroid dienone is 11. The van der Waals surface area contributed by atoms with E-state index in [1.165, 1.54) is 135 Å². The zero-order valence-electron chi connectivity index (χ0n) is 42.3. The van der Waals surface area contributed by atoms with Crippen LogP contribution in [0.4, 0.5) is 0 Å². The van der Waals surface area contributed by atoms with Gasteiger partial charge in [-0.25, -0.2) is 4.57 Å². The van der Waals surface area contributed by atoms with Gasteiger partial charge in [0, 0.05) is 6.42 Å². The summed E-state index contributed by atoms with van der Waals surface area (Å²) in [7, 11) is 1.53. The van der Waals surface area contributed by atoms with Gasteiger partial charge in [0.05, 0.1) is 39.9 Å². The maximum atomic E-state index is 12.9. The third-order valence-electron chi connectivity index (χ3n) is 11.4. The van der Waals surface area contributed by atoms with Gasteiger partial charge in [-0.05, 0) is 83.5 Å². The molecule has 0 saturated heterocycles. The summed E-state index contributed by atoms with van der Waals surface area (Å²) < 4.78 is 23.6. The smallest absolute Gasteiger partial charge is 0.387 e. The van der Waals surface area contributed by atoms with Crippen LogP contribution in [0.2, 0.25) is 0 Å². The zero-order chi connectivity index (χ0) is 47.1. The van der Waals surface area contributed by atoms with Crippen LogP contribution in [-0.2, 0) is 18.4 Å². The van der Waals surface area contributed by atoms with Crippen molar-refractivity contribution in [1.82, 2.24) is 5.32 Å². The van der Waals surface area contributed by atoms with Crippen LogP contribution in [0, 0.1) is 0 Å². The van der Waals surface area contributed by atoms with E-state index in [0.29, 0.717) is 17.4 Å². The number of aliphatic hydroxyl groups excluding tert-OH is 1. The molecule has 3 N–H and O–H groups in total. The van der Waals surface area contributed by atoms with Gasteiger partial charge in [0.2, 0.25) is 5.91 Å². The molecule has 64 heavy (non-hydrogen) atoms. The summed E-state index contributed by atoms with van der Waals surface area (Å²) in [5, 5.41) is 13.9. The average Bonchev–Trinajstić information content (AvgIpc) is 3.25. The molecule has 3 unspecified atom stereocenters. The summed E-state index contributed by atoms with van der Waals surface area (Å²) in [4.78, 5) is 23.2. The number of quaternary nitrogens is 1.